The van der Waals surface area contributed by atoms with Gasteiger partial charge in [-0.25, -0.2) is 0 Å². The maximum atomic E-state index is 11.0. The third-order valence-electron chi connectivity index (χ3n) is 4.69. The van der Waals surface area contributed by atoms with Crippen LogP contribution >= 0.6 is 20.0 Å². The zero-order valence-electron chi connectivity index (χ0n) is 18.1. The normalized spacial score (nSPS) is 13.2. The van der Waals surface area contributed by atoms with Crippen LogP contribution in [0.1, 0.15) is 42.4 Å². The molecular weight excluding hydrogens is 471 g/mol. The number of aromatic nitrogens is 2. The fourth-order valence-electron chi connectivity index (χ4n) is 3.04. The molecule has 0 spiro atoms. The van der Waals surface area contributed by atoms with Gasteiger partial charge in [0.1, 0.15) is 5.76 Å². The minimum absolute atomic E-state index is 0.0346. The summed E-state index contributed by atoms with van der Waals surface area (Å²) in [5, 5.41) is 22.6. The number of rotatable bonds is 13. The molecule has 0 saturated heterocycles. The fraction of sp³-hybridized carbons (Fsp3) is 0.400. The van der Waals surface area contributed by atoms with Crippen LogP contribution in [0, 0.1) is 10.1 Å². The van der Waals surface area contributed by atoms with Gasteiger partial charge in [-0.3, -0.25) is 14.7 Å². The molecule has 178 valence electrons. The van der Waals surface area contributed by atoms with E-state index < -0.39 is 13.2 Å². The van der Waals surface area contributed by atoms with E-state index in [1.807, 2.05) is 26.0 Å². The molecule has 13 heteroatoms. The standard InChI is InChI=1S/C20H25N4O7PS/c1-3-14-11-17(12-21-8-5-9-29-32(27)28)30-18(14)19-22-23-20(31-19)33-13(2)15-6-4-7-16(10-15)24(25)26/h4,6-7,10-11,13,21,32H,3,5,8-9,12H2,1-2H3,(H,27,28). The molecule has 2 heterocycles. The summed E-state index contributed by atoms with van der Waals surface area (Å²) >= 11 is 1.31. The highest BCUT2D eigenvalue weighted by Gasteiger charge is 2.20. The minimum atomic E-state index is -2.88. The van der Waals surface area contributed by atoms with Gasteiger partial charge < -0.3 is 23.6 Å². The molecule has 0 radical (unpaired) electrons. The van der Waals surface area contributed by atoms with Crippen LogP contribution in [0.3, 0.4) is 0 Å². The van der Waals surface area contributed by atoms with Gasteiger partial charge in [-0.1, -0.05) is 30.8 Å². The molecular formula is C20H25N4O7PS. The second kappa shape index (κ2) is 12.1. The summed E-state index contributed by atoms with van der Waals surface area (Å²) in [5.74, 6) is 1.49. The van der Waals surface area contributed by atoms with Crippen LogP contribution in [0.25, 0.3) is 11.7 Å². The van der Waals surface area contributed by atoms with Crippen molar-refractivity contribution in [1.29, 1.82) is 0 Å². The molecule has 3 rings (SSSR count). The number of nitro benzene ring substituents is 1. The molecule has 0 fully saturated rings. The quantitative estimate of drug-likeness (QED) is 0.113. The Balaban J connectivity index is 1.61. The Hall–Kier alpha value is -2.50. The number of nitro groups is 1. The SMILES string of the molecule is CCc1cc(CNCCCO[PH](=O)O)oc1-c1nnc(SC(C)c2cccc([N+](=O)[O-])c2)o1. The van der Waals surface area contributed by atoms with Gasteiger partial charge in [0.05, 0.1) is 18.1 Å². The molecule has 33 heavy (non-hydrogen) atoms. The van der Waals surface area contributed by atoms with Crippen molar-refractivity contribution in [3.8, 4) is 11.7 Å². The first-order valence-electron chi connectivity index (χ1n) is 10.3. The van der Waals surface area contributed by atoms with E-state index >= 15 is 0 Å². The first kappa shape index (κ1) is 25.1. The smallest absolute Gasteiger partial charge is 0.316 e. The second-order valence-corrected chi connectivity index (χ2v) is 9.16. The number of furan rings is 1. The number of non-ortho nitro benzene ring substituents is 1. The lowest BCUT2D eigenvalue weighted by Crippen LogP contribution is -2.15. The lowest BCUT2D eigenvalue weighted by atomic mass is 10.1. The molecule has 2 atom stereocenters. The van der Waals surface area contributed by atoms with Crippen LogP contribution < -0.4 is 5.32 Å². The average Bonchev–Trinajstić information content (AvgIpc) is 3.42. The Bertz CT molecular complexity index is 1100. The summed E-state index contributed by atoms with van der Waals surface area (Å²) in [6.45, 7) is 5.19. The largest absolute Gasteiger partial charge is 0.454 e. The maximum absolute atomic E-state index is 11.0. The van der Waals surface area contributed by atoms with E-state index in [1.165, 1.54) is 23.9 Å². The Kier molecular flexibility index (Phi) is 9.21. The summed E-state index contributed by atoms with van der Waals surface area (Å²) in [6, 6.07) is 8.38. The predicted molar refractivity (Wildman–Crippen MR) is 122 cm³/mol. The van der Waals surface area contributed by atoms with Crippen molar-refractivity contribution in [3.05, 3.63) is 57.3 Å². The highest BCUT2D eigenvalue weighted by molar-refractivity contribution is 7.99. The lowest BCUT2D eigenvalue weighted by Gasteiger charge is -2.08. The van der Waals surface area contributed by atoms with Crippen molar-refractivity contribution >= 4 is 25.7 Å². The predicted octanol–water partition coefficient (Wildman–Crippen LogP) is 4.53. The van der Waals surface area contributed by atoms with Crippen LogP contribution in [0.4, 0.5) is 5.69 Å². The molecule has 0 saturated carbocycles. The van der Waals surface area contributed by atoms with Crippen molar-refractivity contribution < 1.29 is 27.7 Å². The molecule has 0 aliphatic heterocycles. The van der Waals surface area contributed by atoms with Crippen molar-refractivity contribution in [2.24, 2.45) is 0 Å². The molecule has 1 aromatic carbocycles. The third-order valence-corrected chi connectivity index (χ3v) is 6.14. The van der Waals surface area contributed by atoms with E-state index in [1.54, 1.807) is 6.07 Å². The van der Waals surface area contributed by atoms with E-state index in [0.717, 1.165) is 11.1 Å². The first-order valence-corrected chi connectivity index (χ1v) is 12.4. The molecule has 0 aliphatic carbocycles. The van der Waals surface area contributed by atoms with Crippen LogP contribution in [0.2, 0.25) is 0 Å². The zero-order chi connectivity index (χ0) is 23.8. The van der Waals surface area contributed by atoms with Crippen molar-refractivity contribution in [3.63, 3.8) is 0 Å². The fourth-order valence-corrected chi connectivity index (χ4v) is 4.16. The highest BCUT2D eigenvalue weighted by atomic mass is 32.2. The monoisotopic (exact) mass is 496 g/mol. The summed E-state index contributed by atoms with van der Waals surface area (Å²) in [6.07, 6.45) is 1.31. The number of hydrogen-bond donors (Lipinski definition) is 2. The summed E-state index contributed by atoms with van der Waals surface area (Å²) < 4.78 is 26.9. The average molecular weight is 496 g/mol. The van der Waals surface area contributed by atoms with Gasteiger partial charge in [0.25, 0.3) is 16.8 Å². The van der Waals surface area contributed by atoms with Gasteiger partial charge in [-0.2, -0.15) is 0 Å². The molecule has 2 unspecified atom stereocenters. The Labute approximate surface area is 195 Å². The molecule has 2 aromatic heterocycles. The van der Waals surface area contributed by atoms with Crippen molar-refractivity contribution in [1.82, 2.24) is 15.5 Å². The van der Waals surface area contributed by atoms with Gasteiger partial charge in [0.2, 0.25) is 0 Å². The molecule has 0 aliphatic rings. The zero-order valence-corrected chi connectivity index (χ0v) is 20.0. The number of nitrogens with one attached hydrogen (secondary N) is 1. The van der Waals surface area contributed by atoms with E-state index in [0.29, 0.717) is 42.7 Å². The van der Waals surface area contributed by atoms with Gasteiger partial charge in [-0.05, 0) is 37.9 Å². The topological polar surface area (TPSA) is 154 Å². The molecule has 0 amide bonds. The lowest BCUT2D eigenvalue weighted by molar-refractivity contribution is -0.384. The van der Waals surface area contributed by atoms with E-state index in [9.17, 15) is 14.7 Å². The number of nitrogens with zero attached hydrogens (tertiary/aromatic N) is 3. The van der Waals surface area contributed by atoms with Gasteiger partial charge >= 0.3 is 8.25 Å². The van der Waals surface area contributed by atoms with Crippen LogP contribution in [0.15, 0.2) is 44.4 Å². The minimum Gasteiger partial charge on any atom is -0.454 e. The Morgan fingerprint density at radius 2 is 2.15 bits per heavy atom. The highest BCUT2D eigenvalue weighted by Crippen LogP contribution is 2.37. The van der Waals surface area contributed by atoms with Crippen LogP contribution in [-0.4, -0.2) is 33.2 Å². The summed E-state index contributed by atoms with van der Waals surface area (Å²) in [5.41, 5.74) is 1.75. The Morgan fingerprint density at radius 3 is 2.88 bits per heavy atom. The second-order valence-electron chi connectivity index (χ2n) is 7.05. The number of benzene rings is 1. The van der Waals surface area contributed by atoms with E-state index in [-0.39, 0.29) is 23.4 Å². The van der Waals surface area contributed by atoms with Gasteiger partial charge in [0, 0.05) is 22.9 Å². The molecule has 0 bridgehead atoms. The van der Waals surface area contributed by atoms with Gasteiger partial charge in [-0.15, -0.1) is 10.2 Å². The third kappa shape index (κ3) is 7.24. The van der Waals surface area contributed by atoms with Gasteiger partial charge in [0.15, 0.2) is 5.76 Å². The van der Waals surface area contributed by atoms with Crippen molar-refractivity contribution in [2.75, 3.05) is 13.2 Å². The van der Waals surface area contributed by atoms with Crippen LogP contribution in [-0.2, 0) is 22.1 Å². The van der Waals surface area contributed by atoms with E-state index in [4.69, 9.17) is 13.7 Å². The number of thioether (sulfide) groups is 1. The molecule has 3 aromatic rings. The summed E-state index contributed by atoms with van der Waals surface area (Å²) in [4.78, 5) is 19.2. The Morgan fingerprint density at radius 1 is 1.33 bits per heavy atom. The summed E-state index contributed by atoms with van der Waals surface area (Å²) in [7, 11) is -2.88. The number of hydrogen-bond acceptors (Lipinski definition) is 10. The van der Waals surface area contributed by atoms with E-state index in [2.05, 4.69) is 20.0 Å². The number of aryl methyl sites for hydroxylation is 1. The molecule has 11 nitrogen and oxygen atoms in total. The first-order chi connectivity index (χ1) is 15.9. The van der Waals surface area contributed by atoms with Crippen molar-refractivity contribution in [2.45, 2.75) is 43.7 Å². The van der Waals surface area contributed by atoms with Crippen LogP contribution in [0.5, 0.6) is 0 Å². The maximum Gasteiger partial charge on any atom is 0.316 e. The molecule has 2 N–H and O–H groups in total.